The van der Waals surface area contributed by atoms with E-state index in [0.29, 0.717) is 23.4 Å². The molecule has 142 valence electrons. The summed E-state index contributed by atoms with van der Waals surface area (Å²) < 4.78 is 5.26. The summed E-state index contributed by atoms with van der Waals surface area (Å²) in [5, 5.41) is 2.81. The SMILES string of the molecule is CC(=O)c1c(C)[nH]c(C(=O)O[C@@H](C)C(=O)NCCC2=CCCCC2)c1C. The van der Waals surface area contributed by atoms with Crippen molar-refractivity contribution in [1.82, 2.24) is 10.3 Å². The summed E-state index contributed by atoms with van der Waals surface area (Å²) in [7, 11) is 0. The highest BCUT2D eigenvalue weighted by Gasteiger charge is 2.24. The summed E-state index contributed by atoms with van der Waals surface area (Å²) in [6, 6.07) is 0. The fourth-order valence-corrected chi connectivity index (χ4v) is 3.38. The molecule has 0 unspecified atom stereocenters. The number of rotatable bonds is 7. The molecule has 6 nitrogen and oxygen atoms in total. The topological polar surface area (TPSA) is 88.3 Å². The van der Waals surface area contributed by atoms with Crippen molar-refractivity contribution in [3.05, 3.63) is 34.2 Å². The van der Waals surface area contributed by atoms with Gasteiger partial charge in [0.25, 0.3) is 5.91 Å². The van der Waals surface area contributed by atoms with E-state index in [0.717, 1.165) is 19.3 Å². The smallest absolute Gasteiger partial charge is 0.355 e. The Morgan fingerprint density at radius 3 is 2.58 bits per heavy atom. The minimum absolute atomic E-state index is 0.113. The van der Waals surface area contributed by atoms with E-state index in [1.807, 2.05) is 0 Å². The summed E-state index contributed by atoms with van der Waals surface area (Å²) in [5.74, 6) is -1.06. The van der Waals surface area contributed by atoms with Gasteiger partial charge in [0.1, 0.15) is 5.69 Å². The Kier molecular flexibility index (Phi) is 6.77. The highest BCUT2D eigenvalue weighted by molar-refractivity contribution is 6.01. The third-order valence-corrected chi connectivity index (χ3v) is 4.78. The van der Waals surface area contributed by atoms with E-state index in [1.54, 1.807) is 20.8 Å². The maximum Gasteiger partial charge on any atom is 0.355 e. The molecule has 0 saturated heterocycles. The Morgan fingerprint density at radius 2 is 2.00 bits per heavy atom. The number of amides is 1. The maximum atomic E-state index is 12.3. The van der Waals surface area contributed by atoms with Crippen LogP contribution in [0.15, 0.2) is 11.6 Å². The quantitative estimate of drug-likeness (QED) is 0.443. The molecular formula is C20H28N2O4. The Balaban J connectivity index is 1.88. The number of aryl methyl sites for hydroxylation is 1. The first-order valence-electron chi connectivity index (χ1n) is 9.18. The van der Waals surface area contributed by atoms with E-state index in [1.165, 1.54) is 25.3 Å². The summed E-state index contributed by atoms with van der Waals surface area (Å²) in [6.07, 6.45) is 6.87. The summed E-state index contributed by atoms with van der Waals surface area (Å²) in [5.41, 5.74) is 3.28. The molecule has 1 aliphatic rings. The molecule has 2 N–H and O–H groups in total. The number of carbonyl (C=O) groups excluding carboxylic acids is 3. The number of allylic oxidation sites excluding steroid dienone is 1. The number of ketones is 1. The lowest BCUT2D eigenvalue weighted by Gasteiger charge is -2.15. The van der Waals surface area contributed by atoms with Crippen molar-refractivity contribution in [3.63, 3.8) is 0 Å². The van der Waals surface area contributed by atoms with Gasteiger partial charge in [-0.25, -0.2) is 4.79 Å². The highest BCUT2D eigenvalue weighted by atomic mass is 16.5. The Morgan fingerprint density at radius 1 is 1.27 bits per heavy atom. The van der Waals surface area contributed by atoms with Crippen molar-refractivity contribution >= 4 is 17.7 Å². The molecule has 1 amide bonds. The molecule has 0 bridgehead atoms. The Labute approximate surface area is 154 Å². The van der Waals surface area contributed by atoms with Gasteiger partial charge < -0.3 is 15.0 Å². The minimum atomic E-state index is -0.897. The molecule has 26 heavy (non-hydrogen) atoms. The van der Waals surface area contributed by atoms with Crippen molar-refractivity contribution in [2.75, 3.05) is 6.54 Å². The van der Waals surface area contributed by atoms with Gasteiger partial charge in [0.05, 0.1) is 0 Å². The molecule has 0 fully saturated rings. The zero-order chi connectivity index (χ0) is 19.3. The van der Waals surface area contributed by atoms with Gasteiger partial charge in [-0.15, -0.1) is 0 Å². The van der Waals surface area contributed by atoms with Gasteiger partial charge in [0.15, 0.2) is 11.9 Å². The predicted molar refractivity (Wildman–Crippen MR) is 99.3 cm³/mol. The van der Waals surface area contributed by atoms with Crippen molar-refractivity contribution in [3.8, 4) is 0 Å². The van der Waals surface area contributed by atoms with Crippen molar-refractivity contribution in [1.29, 1.82) is 0 Å². The lowest BCUT2D eigenvalue weighted by atomic mass is 9.97. The standard InChI is InChI=1S/C20H28N2O4/c1-12-17(14(3)23)13(2)22-18(12)20(25)26-15(4)19(24)21-11-10-16-8-6-5-7-9-16/h8,15,22H,5-7,9-11H2,1-4H3,(H,21,24)/t15-/m0/s1. The number of hydrogen-bond donors (Lipinski definition) is 2. The molecule has 6 heteroatoms. The molecule has 1 aliphatic carbocycles. The van der Waals surface area contributed by atoms with Gasteiger partial charge in [0, 0.05) is 17.8 Å². The zero-order valence-corrected chi connectivity index (χ0v) is 16.0. The molecule has 0 saturated carbocycles. The second kappa shape index (κ2) is 8.83. The average Bonchev–Trinajstić information content (AvgIpc) is 2.90. The van der Waals surface area contributed by atoms with Crippen LogP contribution in [0.4, 0.5) is 0 Å². The highest BCUT2D eigenvalue weighted by Crippen LogP contribution is 2.20. The van der Waals surface area contributed by atoms with Crippen LogP contribution in [0.1, 0.15) is 78.1 Å². The average molecular weight is 360 g/mol. The van der Waals surface area contributed by atoms with E-state index in [9.17, 15) is 14.4 Å². The van der Waals surface area contributed by atoms with E-state index >= 15 is 0 Å². The van der Waals surface area contributed by atoms with Crippen LogP contribution in [0, 0.1) is 13.8 Å². The van der Waals surface area contributed by atoms with E-state index in [4.69, 9.17) is 4.74 Å². The van der Waals surface area contributed by atoms with Gasteiger partial charge in [-0.3, -0.25) is 9.59 Å². The molecule has 1 heterocycles. The molecule has 0 aromatic carbocycles. The molecule has 2 rings (SSSR count). The van der Waals surface area contributed by atoms with E-state index in [2.05, 4.69) is 16.4 Å². The van der Waals surface area contributed by atoms with E-state index in [-0.39, 0.29) is 17.4 Å². The van der Waals surface area contributed by atoms with Crippen LogP contribution in [0.25, 0.3) is 0 Å². The van der Waals surface area contributed by atoms with Crippen LogP contribution in [-0.4, -0.2) is 35.3 Å². The molecular weight excluding hydrogens is 332 g/mol. The second-order valence-electron chi connectivity index (χ2n) is 6.88. The normalized spacial score (nSPS) is 15.2. The first-order valence-corrected chi connectivity index (χ1v) is 9.18. The predicted octanol–water partition coefficient (Wildman–Crippen LogP) is 3.39. The lowest BCUT2D eigenvalue weighted by molar-refractivity contribution is -0.129. The van der Waals surface area contributed by atoms with Crippen LogP contribution < -0.4 is 5.32 Å². The summed E-state index contributed by atoms with van der Waals surface area (Å²) >= 11 is 0. The van der Waals surface area contributed by atoms with Gasteiger partial charge >= 0.3 is 5.97 Å². The number of H-pyrrole nitrogens is 1. The molecule has 0 aliphatic heterocycles. The Hall–Kier alpha value is -2.37. The van der Waals surface area contributed by atoms with Crippen LogP contribution >= 0.6 is 0 Å². The molecule has 1 aromatic rings. The summed E-state index contributed by atoms with van der Waals surface area (Å²) in [4.78, 5) is 39.0. The van der Waals surface area contributed by atoms with Gasteiger partial charge in [0.2, 0.25) is 0 Å². The number of hydrogen-bond acceptors (Lipinski definition) is 4. The number of aromatic nitrogens is 1. The third-order valence-electron chi connectivity index (χ3n) is 4.78. The van der Waals surface area contributed by atoms with Crippen LogP contribution in [0.5, 0.6) is 0 Å². The fraction of sp³-hybridized carbons (Fsp3) is 0.550. The number of Topliss-reactive ketones (excluding diaryl/α,β-unsaturated/α-hetero) is 1. The van der Waals surface area contributed by atoms with E-state index < -0.39 is 12.1 Å². The van der Waals surface area contributed by atoms with Gasteiger partial charge in [-0.1, -0.05) is 11.6 Å². The van der Waals surface area contributed by atoms with Gasteiger partial charge in [-0.05, 0) is 65.4 Å². The molecule has 0 radical (unpaired) electrons. The number of carbonyl (C=O) groups is 3. The minimum Gasteiger partial charge on any atom is -0.448 e. The summed E-state index contributed by atoms with van der Waals surface area (Å²) in [6.45, 7) is 6.97. The largest absolute Gasteiger partial charge is 0.448 e. The number of ether oxygens (including phenoxy) is 1. The molecule has 1 aromatic heterocycles. The zero-order valence-electron chi connectivity index (χ0n) is 16.0. The van der Waals surface area contributed by atoms with Crippen LogP contribution in [0.2, 0.25) is 0 Å². The monoisotopic (exact) mass is 360 g/mol. The third kappa shape index (κ3) is 4.84. The molecule has 1 atom stereocenters. The van der Waals surface area contributed by atoms with Gasteiger partial charge in [-0.2, -0.15) is 0 Å². The molecule has 0 spiro atoms. The van der Waals surface area contributed by atoms with Crippen LogP contribution in [0.3, 0.4) is 0 Å². The lowest BCUT2D eigenvalue weighted by Crippen LogP contribution is -2.36. The van der Waals surface area contributed by atoms with Crippen molar-refractivity contribution in [2.24, 2.45) is 0 Å². The maximum absolute atomic E-state index is 12.3. The first kappa shape index (κ1) is 19.9. The number of aromatic amines is 1. The van der Waals surface area contributed by atoms with Crippen molar-refractivity contribution < 1.29 is 19.1 Å². The first-order chi connectivity index (χ1) is 12.3. The Bertz CT molecular complexity index is 730. The number of esters is 1. The van der Waals surface area contributed by atoms with Crippen LogP contribution in [-0.2, 0) is 9.53 Å². The fourth-order valence-electron chi connectivity index (χ4n) is 3.38. The van der Waals surface area contributed by atoms with Crippen molar-refractivity contribution in [2.45, 2.75) is 65.9 Å². The number of nitrogens with one attached hydrogen (secondary N) is 2. The second-order valence-corrected chi connectivity index (χ2v) is 6.88.